The monoisotopic (exact) mass is 631 g/mol. The molecule has 41 heavy (non-hydrogen) atoms. The summed E-state index contributed by atoms with van der Waals surface area (Å²) in [5.41, 5.74) is 5.26. The van der Waals surface area contributed by atoms with Crippen molar-refractivity contribution in [2.24, 2.45) is 58.0 Å². The zero-order valence-electron chi connectivity index (χ0n) is 25.5. The van der Waals surface area contributed by atoms with E-state index in [-0.39, 0.29) is 65.7 Å². The van der Waals surface area contributed by atoms with Crippen LogP contribution in [0.2, 0.25) is 0 Å². The Bertz CT molecular complexity index is 1100. The number of hydrogen-bond acceptors (Lipinski definition) is 9. The molecule has 0 aromatic rings. The summed E-state index contributed by atoms with van der Waals surface area (Å²) in [4.78, 5) is 11.8. The molecule has 0 aliphatic heterocycles. The van der Waals surface area contributed by atoms with Crippen LogP contribution >= 0.6 is 0 Å². The molecule has 0 aromatic carbocycles. The van der Waals surface area contributed by atoms with Crippen LogP contribution in [0.25, 0.3) is 0 Å². The number of aliphatic hydroxyl groups excluding tert-OH is 1. The molecular weight excluding hydrogens is 581 g/mol. The summed E-state index contributed by atoms with van der Waals surface area (Å²) in [5, 5.41) is 11.7. The van der Waals surface area contributed by atoms with Gasteiger partial charge in [0.1, 0.15) is 0 Å². The summed E-state index contributed by atoms with van der Waals surface area (Å²) in [7, 11) is -8.79. The number of aliphatic hydroxyl groups is 1. The van der Waals surface area contributed by atoms with Gasteiger partial charge in [0.15, 0.2) is 0 Å². The number of carbonyl (C=O) groups is 1. The first-order chi connectivity index (χ1) is 18.5. The Balaban J connectivity index is 0.000000655. The average Bonchev–Trinajstić information content (AvgIpc) is 3.19. The molecule has 4 aliphatic rings. The van der Waals surface area contributed by atoms with Crippen molar-refractivity contribution in [2.45, 2.75) is 104 Å². The van der Waals surface area contributed by atoms with E-state index < -0.39 is 26.5 Å². The summed E-state index contributed by atoms with van der Waals surface area (Å²) in [5.74, 6) is 1.88. The van der Waals surface area contributed by atoms with E-state index in [1.54, 1.807) is 0 Å². The molecule has 0 amide bonds. The smallest absolute Gasteiger partial charge is 0.716 e. The van der Waals surface area contributed by atoms with Crippen LogP contribution in [0, 0.1) is 52.3 Å². The molecule has 0 saturated heterocycles. The van der Waals surface area contributed by atoms with Crippen LogP contribution in [0.3, 0.4) is 0 Å². The zero-order valence-corrected chi connectivity index (χ0v) is 29.1. The summed E-state index contributed by atoms with van der Waals surface area (Å²) in [6, 6.07) is 0. The van der Waals surface area contributed by atoms with Crippen LogP contribution in [-0.4, -0.2) is 55.4 Å². The Morgan fingerprint density at radius 2 is 1.66 bits per heavy atom. The van der Waals surface area contributed by atoms with Crippen LogP contribution in [0.4, 0.5) is 0 Å². The van der Waals surface area contributed by atoms with Crippen LogP contribution in [0.5, 0.6) is 0 Å². The molecule has 4 saturated carbocycles. The Morgan fingerprint density at radius 1 is 1.02 bits per heavy atom. The maximum Gasteiger partial charge on any atom is 1.00 e. The third-order valence-corrected chi connectivity index (χ3v) is 12.6. The number of rotatable bonds is 8. The summed E-state index contributed by atoms with van der Waals surface area (Å²) < 4.78 is 63.4. The molecule has 10 nitrogen and oxygen atoms in total. The van der Waals surface area contributed by atoms with E-state index >= 15 is 0 Å². The second-order valence-corrected chi connectivity index (χ2v) is 15.9. The quantitative estimate of drug-likeness (QED) is 0.198. The van der Waals surface area contributed by atoms with Gasteiger partial charge in [0.25, 0.3) is 20.5 Å². The van der Waals surface area contributed by atoms with Gasteiger partial charge >= 0.3 is 35.5 Å². The SMILES string of the molecule is CC[C@H]1[C@@H](O)[C@@H]2[C@H](CC[C@]3(C)[C@@H]([C@H](C)CCC(=O)OS(=O)(=O)[O-])CC[C@@H]23)[C@@]2(C)CCCC[C@@H]12.NCCS(=O)(=O)O.[Na+]. The third-order valence-electron chi connectivity index (χ3n) is 11.5. The van der Waals surface area contributed by atoms with Gasteiger partial charge < -0.3 is 19.6 Å². The minimum atomic E-state index is -4.99. The van der Waals surface area contributed by atoms with Gasteiger partial charge in [0.2, 0.25) is 0 Å². The predicted molar refractivity (Wildman–Crippen MR) is 150 cm³/mol. The van der Waals surface area contributed by atoms with Gasteiger partial charge in [-0.05, 0) is 97.2 Å². The van der Waals surface area contributed by atoms with Gasteiger partial charge in [-0.25, -0.2) is 8.42 Å². The van der Waals surface area contributed by atoms with Gasteiger partial charge in [-0.3, -0.25) is 9.35 Å². The van der Waals surface area contributed by atoms with Crippen LogP contribution in [0.1, 0.15) is 98.3 Å². The maximum atomic E-state index is 11.8. The molecule has 4 N–H and O–H groups in total. The van der Waals surface area contributed by atoms with Crippen molar-refractivity contribution in [1.29, 1.82) is 0 Å². The van der Waals surface area contributed by atoms with Crippen LogP contribution < -0.4 is 35.3 Å². The average molecular weight is 632 g/mol. The number of hydrogen-bond donors (Lipinski definition) is 3. The molecule has 0 unspecified atom stereocenters. The topological polar surface area (TPSA) is 184 Å². The number of carbonyl (C=O) groups excluding carboxylic acids is 1. The minimum absolute atomic E-state index is 0. The summed E-state index contributed by atoms with van der Waals surface area (Å²) in [6.45, 7) is 9.32. The predicted octanol–water partition coefficient (Wildman–Crippen LogP) is 0.899. The Hall–Kier alpha value is 0.210. The Kier molecular flexibility index (Phi) is 13.3. The standard InChI is InChI=1S/C26H44O6S.C2H7NO3S.Na/c1-5-17-19-8-6-7-14-25(19,3)21-13-15-26(4)18(10-11-20(26)23(21)24(17)28)16(2)9-12-22(27)32-33(29,30)31;3-1-2-7(4,5)6;/h16-21,23-24,28H,5-15H2,1-4H3,(H,29,30,31);1-3H2,(H,4,5,6);/q;;+1/p-1/t16-,17-,18-,19+,20+,21+,23+,24-,25+,26-;;/m1../s1. The molecule has 10 atom stereocenters. The second-order valence-electron chi connectivity index (χ2n) is 13.4. The van der Waals surface area contributed by atoms with Gasteiger partial charge in [-0.1, -0.05) is 47.0 Å². The molecule has 0 aromatic heterocycles. The largest absolute Gasteiger partial charge is 1.00 e. The first-order valence-electron chi connectivity index (χ1n) is 15.0. The van der Waals surface area contributed by atoms with Crippen molar-refractivity contribution < 1.29 is 69.6 Å². The second kappa shape index (κ2) is 14.5. The Labute approximate surface area is 269 Å². The Morgan fingerprint density at radius 3 is 2.20 bits per heavy atom. The molecule has 4 fully saturated rings. The molecule has 0 radical (unpaired) electrons. The molecule has 13 heteroatoms. The molecule has 0 spiro atoms. The minimum Gasteiger partial charge on any atom is -0.716 e. The van der Waals surface area contributed by atoms with E-state index in [4.69, 9.17) is 10.3 Å². The van der Waals surface area contributed by atoms with E-state index in [1.165, 1.54) is 38.5 Å². The maximum absolute atomic E-state index is 11.8. The van der Waals surface area contributed by atoms with E-state index in [0.29, 0.717) is 47.3 Å². The molecule has 0 bridgehead atoms. The van der Waals surface area contributed by atoms with Crippen molar-refractivity contribution in [2.75, 3.05) is 12.3 Å². The van der Waals surface area contributed by atoms with Crippen molar-refractivity contribution in [3.05, 3.63) is 0 Å². The van der Waals surface area contributed by atoms with E-state index in [9.17, 15) is 31.3 Å². The number of fused-ring (bicyclic) bond motifs is 5. The van der Waals surface area contributed by atoms with Crippen LogP contribution in [-0.2, 0) is 29.5 Å². The third kappa shape index (κ3) is 8.48. The summed E-state index contributed by atoms with van der Waals surface area (Å²) >= 11 is 0. The molecule has 0 heterocycles. The van der Waals surface area contributed by atoms with Crippen molar-refractivity contribution >= 4 is 26.5 Å². The number of nitrogens with two attached hydrogens (primary N) is 1. The van der Waals surface area contributed by atoms with E-state index in [2.05, 4.69) is 31.9 Å². The van der Waals surface area contributed by atoms with Crippen LogP contribution in [0.15, 0.2) is 0 Å². The fourth-order valence-electron chi connectivity index (χ4n) is 9.87. The first kappa shape index (κ1) is 37.4. The van der Waals surface area contributed by atoms with E-state index in [1.807, 2.05) is 0 Å². The summed E-state index contributed by atoms with van der Waals surface area (Å²) in [6.07, 6.45) is 11.1. The fraction of sp³-hybridized carbons (Fsp3) is 0.964. The molecular formula is C28H50NNaO9S2. The van der Waals surface area contributed by atoms with Gasteiger partial charge in [-0.15, -0.1) is 0 Å². The van der Waals surface area contributed by atoms with E-state index in [0.717, 1.165) is 19.3 Å². The molecule has 4 aliphatic carbocycles. The van der Waals surface area contributed by atoms with Gasteiger partial charge in [0, 0.05) is 13.0 Å². The van der Waals surface area contributed by atoms with Crippen molar-refractivity contribution in [3.63, 3.8) is 0 Å². The first-order valence-corrected chi connectivity index (χ1v) is 17.9. The van der Waals surface area contributed by atoms with Gasteiger partial charge in [-0.2, -0.15) is 8.42 Å². The molecule has 234 valence electrons. The van der Waals surface area contributed by atoms with Gasteiger partial charge in [0.05, 0.1) is 11.9 Å². The van der Waals surface area contributed by atoms with Crippen molar-refractivity contribution in [3.8, 4) is 0 Å². The zero-order chi connectivity index (χ0) is 30.1. The van der Waals surface area contributed by atoms with Crippen molar-refractivity contribution in [1.82, 2.24) is 0 Å². The fourth-order valence-corrected chi connectivity index (χ4v) is 10.5. The normalized spacial score (nSPS) is 39.1. The molecule has 4 rings (SSSR count).